The zero-order valence-electron chi connectivity index (χ0n) is 13.2. The van der Waals surface area contributed by atoms with Crippen molar-refractivity contribution in [1.29, 1.82) is 0 Å². The number of anilines is 1. The van der Waals surface area contributed by atoms with Crippen molar-refractivity contribution < 1.29 is 4.74 Å². The molecule has 0 aromatic carbocycles. The van der Waals surface area contributed by atoms with E-state index in [1.807, 2.05) is 6.92 Å². The molecule has 2 fully saturated rings. The van der Waals surface area contributed by atoms with Crippen molar-refractivity contribution in [1.82, 2.24) is 9.97 Å². The summed E-state index contributed by atoms with van der Waals surface area (Å²) in [5.41, 5.74) is 0.520. The number of aromatic nitrogens is 2. The van der Waals surface area contributed by atoms with Gasteiger partial charge in [0.15, 0.2) is 0 Å². The fourth-order valence-corrected chi connectivity index (χ4v) is 4.26. The molecule has 0 amide bonds. The minimum absolute atomic E-state index is 0.188. The van der Waals surface area contributed by atoms with Crippen molar-refractivity contribution in [2.24, 2.45) is 16.7 Å². The molecule has 3 unspecified atom stereocenters. The number of fused-ring (bicyclic) bond motifs is 2. The predicted octanol–water partition coefficient (Wildman–Crippen LogP) is 4.16. The third-order valence-corrected chi connectivity index (χ3v) is 6.27. The summed E-state index contributed by atoms with van der Waals surface area (Å²) in [5, 5.41) is 3.59. The number of hydrogen-bond donors (Lipinski definition) is 1. The zero-order chi connectivity index (χ0) is 15.3. The number of nitrogens with one attached hydrogen (secondary N) is 1. The van der Waals surface area contributed by atoms with E-state index in [-0.39, 0.29) is 11.5 Å². The second-order valence-electron chi connectivity index (χ2n) is 7.09. The molecule has 1 aromatic heterocycles. The van der Waals surface area contributed by atoms with Gasteiger partial charge in [0.25, 0.3) is 0 Å². The second-order valence-corrected chi connectivity index (χ2v) is 7.50. The molecule has 1 heterocycles. The fraction of sp³-hybridized carbons (Fsp3) is 0.750. The minimum atomic E-state index is 0.188. The van der Waals surface area contributed by atoms with E-state index in [2.05, 4.69) is 36.1 Å². The molecule has 0 radical (unpaired) electrons. The van der Waals surface area contributed by atoms with Crippen molar-refractivity contribution in [3.8, 4) is 5.88 Å². The van der Waals surface area contributed by atoms with Crippen LogP contribution in [0.4, 0.5) is 5.95 Å². The summed E-state index contributed by atoms with van der Waals surface area (Å²) < 4.78 is 6.24. The highest BCUT2D eigenvalue weighted by Gasteiger charge is 2.62. The Labute approximate surface area is 131 Å². The van der Waals surface area contributed by atoms with E-state index in [0.717, 1.165) is 18.9 Å². The van der Waals surface area contributed by atoms with Crippen LogP contribution in [0.25, 0.3) is 0 Å². The molecule has 0 spiro atoms. The van der Waals surface area contributed by atoms with Gasteiger partial charge in [0.1, 0.15) is 11.1 Å². The van der Waals surface area contributed by atoms with Gasteiger partial charge < -0.3 is 10.1 Å². The third-order valence-electron chi connectivity index (χ3n) is 6.01. The standard InChI is InChI=1S/C16H24ClN3O/c1-5-18-14-19-9-11(17)13(20-14)21-12-8-10-6-7-16(12,4)15(10,2)3/h9-10,12H,5-8H2,1-4H3,(H,18,19,20). The van der Waals surface area contributed by atoms with Gasteiger partial charge in [-0.25, -0.2) is 4.98 Å². The van der Waals surface area contributed by atoms with Crippen LogP contribution in [0.15, 0.2) is 6.20 Å². The summed E-state index contributed by atoms with van der Waals surface area (Å²) >= 11 is 6.22. The van der Waals surface area contributed by atoms with Crippen LogP contribution in [-0.2, 0) is 0 Å². The van der Waals surface area contributed by atoms with Gasteiger partial charge in [0.2, 0.25) is 11.8 Å². The molecule has 0 saturated heterocycles. The Hall–Kier alpha value is -1.03. The van der Waals surface area contributed by atoms with E-state index >= 15 is 0 Å². The van der Waals surface area contributed by atoms with Crippen LogP contribution in [0.2, 0.25) is 5.02 Å². The Balaban J connectivity index is 1.83. The lowest BCUT2D eigenvalue weighted by Crippen LogP contribution is -2.39. The van der Waals surface area contributed by atoms with Crippen molar-refractivity contribution in [2.45, 2.75) is 53.1 Å². The highest BCUT2D eigenvalue weighted by Crippen LogP contribution is 2.66. The quantitative estimate of drug-likeness (QED) is 0.907. The molecule has 1 N–H and O–H groups in total. The van der Waals surface area contributed by atoms with Gasteiger partial charge in [0.05, 0.1) is 6.20 Å². The monoisotopic (exact) mass is 309 g/mol. The molecule has 2 saturated carbocycles. The molecule has 2 bridgehead atoms. The van der Waals surface area contributed by atoms with Crippen LogP contribution in [0.1, 0.15) is 47.0 Å². The molecule has 2 aliphatic rings. The van der Waals surface area contributed by atoms with Gasteiger partial charge in [-0.1, -0.05) is 32.4 Å². The largest absolute Gasteiger partial charge is 0.473 e. The molecule has 21 heavy (non-hydrogen) atoms. The molecular weight excluding hydrogens is 286 g/mol. The normalized spacial score (nSPS) is 33.2. The summed E-state index contributed by atoms with van der Waals surface area (Å²) in [6.07, 6.45) is 5.43. The summed E-state index contributed by atoms with van der Waals surface area (Å²) in [6.45, 7) is 9.89. The van der Waals surface area contributed by atoms with Crippen molar-refractivity contribution in [3.63, 3.8) is 0 Å². The summed E-state index contributed by atoms with van der Waals surface area (Å²) in [6, 6.07) is 0. The first-order valence-electron chi connectivity index (χ1n) is 7.81. The maximum atomic E-state index is 6.24. The van der Waals surface area contributed by atoms with Crippen molar-refractivity contribution in [3.05, 3.63) is 11.2 Å². The Morgan fingerprint density at radius 3 is 2.76 bits per heavy atom. The molecule has 4 nitrogen and oxygen atoms in total. The van der Waals surface area contributed by atoms with E-state index in [4.69, 9.17) is 16.3 Å². The first kappa shape index (κ1) is 14.9. The smallest absolute Gasteiger partial charge is 0.237 e. The molecule has 116 valence electrons. The number of hydrogen-bond acceptors (Lipinski definition) is 4. The van der Waals surface area contributed by atoms with Crippen LogP contribution in [-0.4, -0.2) is 22.6 Å². The lowest BCUT2D eigenvalue weighted by Gasteiger charge is -2.38. The highest BCUT2D eigenvalue weighted by atomic mass is 35.5. The lowest BCUT2D eigenvalue weighted by molar-refractivity contribution is 0.0274. The van der Waals surface area contributed by atoms with Gasteiger partial charge in [-0.15, -0.1) is 0 Å². The van der Waals surface area contributed by atoms with E-state index in [9.17, 15) is 0 Å². The van der Waals surface area contributed by atoms with E-state index in [1.54, 1.807) is 6.20 Å². The van der Waals surface area contributed by atoms with Crippen LogP contribution in [0.5, 0.6) is 5.88 Å². The molecule has 1 aromatic rings. The molecule has 5 heteroatoms. The lowest BCUT2D eigenvalue weighted by atomic mass is 9.70. The van der Waals surface area contributed by atoms with E-state index in [1.165, 1.54) is 12.8 Å². The van der Waals surface area contributed by atoms with E-state index in [0.29, 0.717) is 22.3 Å². The molecule has 3 atom stereocenters. The average Bonchev–Trinajstić information content (AvgIpc) is 2.76. The summed E-state index contributed by atoms with van der Waals surface area (Å²) in [7, 11) is 0. The Morgan fingerprint density at radius 2 is 2.19 bits per heavy atom. The maximum absolute atomic E-state index is 6.24. The van der Waals surface area contributed by atoms with Gasteiger partial charge in [-0.05, 0) is 37.5 Å². The van der Waals surface area contributed by atoms with Crippen molar-refractivity contribution >= 4 is 17.5 Å². The zero-order valence-corrected chi connectivity index (χ0v) is 14.0. The predicted molar refractivity (Wildman–Crippen MR) is 84.9 cm³/mol. The fourth-order valence-electron chi connectivity index (χ4n) is 4.12. The number of rotatable bonds is 4. The second kappa shape index (κ2) is 5.01. The summed E-state index contributed by atoms with van der Waals surface area (Å²) in [5.74, 6) is 1.82. The molecule has 0 aliphatic heterocycles. The molecule has 3 rings (SSSR count). The number of ether oxygens (including phenoxy) is 1. The van der Waals surface area contributed by atoms with Crippen LogP contribution in [0.3, 0.4) is 0 Å². The Morgan fingerprint density at radius 1 is 1.43 bits per heavy atom. The van der Waals surface area contributed by atoms with Crippen LogP contribution >= 0.6 is 11.6 Å². The first-order valence-corrected chi connectivity index (χ1v) is 8.19. The molecular formula is C16H24ClN3O. The van der Waals surface area contributed by atoms with E-state index < -0.39 is 0 Å². The topological polar surface area (TPSA) is 47.0 Å². The minimum Gasteiger partial charge on any atom is -0.473 e. The number of nitrogens with zero attached hydrogens (tertiary/aromatic N) is 2. The number of halogens is 1. The van der Waals surface area contributed by atoms with Gasteiger partial charge in [-0.2, -0.15) is 4.98 Å². The highest BCUT2D eigenvalue weighted by molar-refractivity contribution is 6.31. The maximum Gasteiger partial charge on any atom is 0.237 e. The SMILES string of the molecule is CCNc1ncc(Cl)c(OC2CC3CCC2(C)C3(C)C)n1. The van der Waals surface area contributed by atoms with Gasteiger partial charge >= 0.3 is 0 Å². The van der Waals surface area contributed by atoms with Gasteiger partial charge in [0, 0.05) is 12.0 Å². The Bertz CT molecular complexity index is 548. The van der Waals surface area contributed by atoms with Crippen LogP contribution < -0.4 is 10.1 Å². The first-order chi connectivity index (χ1) is 9.88. The van der Waals surface area contributed by atoms with Crippen molar-refractivity contribution in [2.75, 3.05) is 11.9 Å². The Kier molecular flexibility index (Phi) is 3.55. The van der Waals surface area contributed by atoms with Gasteiger partial charge in [-0.3, -0.25) is 0 Å². The average molecular weight is 310 g/mol. The summed E-state index contributed by atoms with van der Waals surface area (Å²) in [4.78, 5) is 8.57. The van der Waals surface area contributed by atoms with Crippen LogP contribution in [0, 0.1) is 16.7 Å². The molecule has 2 aliphatic carbocycles. The third kappa shape index (κ3) is 2.19.